The van der Waals surface area contributed by atoms with Crippen molar-refractivity contribution in [2.24, 2.45) is 0 Å². The first-order valence-corrected chi connectivity index (χ1v) is 7.75. The minimum absolute atomic E-state index is 0.0510. The second-order valence-electron chi connectivity index (χ2n) is 4.47. The summed E-state index contributed by atoms with van der Waals surface area (Å²) in [5.74, 6) is -0.948. The number of carboxylic acid groups (broad SMARTS) is 1. The molecule has 0 saturated heterocycles. The van der Waals surface area contributed by atoms with Crippen molar-refractivity contribution in [3.05, 3.63) is 35.9 Å². The minimum atomic E-state index is -1.19. The molecule has 122 valence electrons. The summed E-state index contributed by atoms with van der Waals surface area (Å²) in [6, 6.07) is 7.89. The van der Waals surface area contributed by atoms with Crippen molar-refractivity contribution in [2.45, 2.75) is 18.8 Å². The number of alkyl carbamates (subject to hydrolysis) is 1. The zero-order valence-corrected chi connectivity index (χ0v) is 12.7. The molecule has 0 radical (unpaired) electrons. The molecule has 1 aromatic rings. The maximum atomic E-state index is 11.6. The third-order valence-corrected chi connectivity index (χ3v) is 3.80. The number of aliphatic hydroxyl groups excluding tert-OH is 2. The topological polar surface area (TPSA) is 116 Å². The Morgan fingerprint density at radius 1 is 1.23 bits per heavy atom. The Labute approximate surface area is 132 Å². The molecule has 0 bridgehead atoms. The van der Waals surface area contributed by atoms with Crippen molar-refractivity contribution < 1.29 is 29.6 Å². The third-order valence-electron chi connectivity index (χ3n) is 2.61. The lowest BCUT2D eigenvalue weighted by molar-refractivity contribution is -0.138. The lowest BCUT2D eigenvalue weighted by atomic mass is 10.2. The largest absolute Gasteiger partial charge is 0.480 e. The third kappa shape index (κ3) is 7.30. The smallest absolute Gasteiger partial charge is 0.408 e. The van der Waals surface area contributed by atoms with Crippen LogP contribution in [0.1, 0.15) is 5.56 Å². The van der Waals surface area contributed by atoms with E-state index in [4.69, 9.17) is 14.9 Å². The predicted octanol–water partition coefficient (Wildman–Crippen LogP) is 0.452. The van der Waals surface area contributed by atoms with E-state index in [1.54, 1.807) is 24.3 Å². The quantitative estimate of drug-likeness (QED) is 0.520. The van der Waals surface area contributed by atoms with Crippen molar-refractivity contribution in [1.82, 2.24) is 5.32 Å². The summed E-state index contributed by atoms with van der Waals surface area (Å²) in [5, 5.41) is 29.1. The van der Waals surface area contributed by atoms with E-state index in [9.17, 15) is 14.7 Å². The highest BCUT2D eigenvalue weighted by atomic mass is 32.2. The average Bonchev–Trinajstić information content (AvgIpc) is 2.52. The number of ether oxygens (including phenoxy) is 1. The van der Waals surface area contributed by atoms with Gasteiger partial charge in [0.2, 0.25) is 0 Å². The van der Waals surface area contributed by atoms with E-state index in [2.05, 4.69) is 5.32 Å². The van der Waals surface area contributed by atoms with Crippen LogP contribution in [0.25, 0.3) is 0 Å². The van der Waals surface area contributed by atoms with Crippen LogP contribution in [0.3, 0.4) is 0 Å². The fourth-order valence-corrected chi connectivity index (χ4v) is 2.43. The SMILES string of the molecule is O=C(NC(CSCC(O)CO)C(=O)O)OCc1ccccc1. The summed E-state index contributed by atoms with van der Waals surface area (Å²) in [5.41, 5.74) is 0.796. The number of hydrogen-bond donors (Lipinski definition) is 4. The van der Waals surface area contributed by atoms with Crippen LogP contribution in [-0.4, -0.2) is 57.6 Å². The second-order valence-corrected chi connectivity index (χ2v) is 5.55. The molecule has 0 saturated carbocycles. The first-order chi connectivity index (χ1) is 10.5. The number of carboxylic acids is 1. The van der Waals surface area contributed by atoms with E-state index in [0.717, 1.165) is 17.3 Å². The molecule has 22 heavy (non-hydrogen) atoms. The van der Waals surface area contributed by atoms with E-state index in [1.807, 2.05) is 6.07 Å². The van der Waals surface area contributed by atoms with Gasteiger partial charge in [-0.1, -0.05) is 30.3 Å². The lowest BCUT2D eigenvalue weighted by Gasteiger charge is -2.15. The van der Waals surface area contributed by atoms with E-state index in [1.165, 1.54) is 0 Å². The van der Waals surface area contributed by atoms with Gasteiger partial charge in [0.1, 0.15) is 12.6 Å². The summed E-state index contributed by atoms with van der Waals surface area (Å²) in [7, 11) is 0. The van der Waals surface area contributed by atoms with Crippen LogP contribution >= 0.6 is 11.8 Å². The fraction of sp³-hybridized carbons (Fsp3) is 0.429. The first-order valence-electron chi connectivity index (χ1n) is 6.59. The molecule has 2 unspecified atom stereocenters. The second kappa shape index (κ2) is 10.0. The molecule has 1 aromatic carbocycles. The number of carbonyl (C=O) groups excluding carboxylic acids is 1. The summed E-state index contributed by atoms with van der Waals surface area (Å²) in [6.45, 7) is -0.341. The Bertz CT molecular complexity index is 470. The van der Waals surface area contributed by atoms with Gasteiger partial charge in [0, 0.05) is 11.5 Å². The van der Waals surface area contributed by atoms with Crippen molar-refractivity contribution in [3.63, 3.8) is 0 Å². The minimum Gasteiger partial charge on any atom is -0.480 e. The van der Waals surface area contributed by atoms with Gasteiger partial charge < -0.3 is 25.4 Å². The molecule has 0 heterocycles. The summed E-state index contributed by atoms with van der Waals surface area (Å²) < 4.78 is 4.95. The number of carbonyl (C=O) groups is 2. The van der Waals surface area contributed by atoms with E-state index >= 15 is 0 Å². The summed E-state index contributed by atoms with van der Waals surface area (Å²) in [4.78, 5) is 22.6. The Morgan fingerprint density at radius 2 is 1.91 bits per heavy atom. The van der Waals surface area contributed by atoms with Crippen LogP contribution < -0.4 is 5.32 Å². The Kier molecular flexibility index (Phi) is 8.34. The molecule has 7 nitrogen and oxygen atoms in total. The van der Waals surface area contributed by atoms with Crippen LogP contribution in [0.4, 0.5) is 4.79 Å². The first kappa shape index (κ1) is 18.3. The van der Waals surface area contributed by atoms with Gasteiger partial charge in [-0.3, -0.25) is 0 Å². The number of hydrogen-bond acceptors (Lipinski definition) is 6. The molecule has 2 atom stereocenters. The van der Waals surface area contributed by atoms with Gasteiger partial charge in [-0.25, -0.2) is 9.59 Å². The average molecular weight is 329 g/mol. The molecule has 8 heteroatoms. The molecular weight excluding hydrogens is 310 g/mol. The predicted molar refractivity (Wildman–Crippen MR) is 81.6 cm³/mol. The molecule has 0 fully saturated rings. The normalized spacial score (nSPS) is 13.2. The van der Waals surface area contributed by atoms with Crippen molar-refractivity contribution >= 4 is 23.8 Å². The van der Waals surface area contributed by atoms with Crippen molar-refractivity contribution in [1.29, 1.82) is 0 Å². The summed E-state index contributed by atoms with van der Waals surface area (Å²) >= 11 is 1.12. The lowest BCUT2D eigenvalue weighted by Crippen LogP contribution is -2.43. The number of thioether (sulfide) groups is 1. The monoisotopic (exact) mass is 329 g/mol. The van der Waals surface area contributed by atoms with E-state index < -0.39 is 30.8 Å². The molecule has 1 rings (SSSR count). The van der Waals surface area contributed by atoms with Crippen LogP contribution in [0.15, 0.2) is 30.3 Å². The number of amides is 1. The highest BCUT2D eigenvalue weighted by molar-refractivity contribution is 7.99. The van der Waals surface area contributed by atoms with Crippen LogP contribution in [0.5, 0.6) is 0 Å². The maximum Gasteiger partial charge on any atom is 0.408 e. The van der Waals surface area contributed by atoms with Crippen LogP contribution in [-0.2, 0) is 16.1 Å². The zero-order chi connectivity index (χ0) is 16.4. The van der Waals surface area contributed by atoms with Crippen molar-refractivity contribution in [3.8, 4) is 0 Å². The van der Waals surface area contributed by atoms with Gasteiger partial charge in [-0.2, -0.15) is 11.8 Å². The summed E-state index contributed by atoms with van der Waals surface area (Å²) in [6.07, 6.45) is -1.73. The molecule has 0 spiro atoms. The highest BCUT2D eigenvalue weighted by Crippen LogP contribution is 2.07. The van der Waals surface area contributed by atoms with Gasteiger partial charge in [0.25, 0.3) is 0 Å². The fourth-order valence-electron chi connectivity index (χ4n) is 1.46. The maximum absolute atomic E-state index is 11.6. The molecule has 0 aliphatic rings. The number of aliphatic hydroxyl groups is 2. The Balaban J connectivity index is 2.35. The number of benzene rings is 1. The van der Waals surface area contributed by atoms with Gasteiger partial charge in [0.05, 0.1) is 12.7 Å². The Hall–Kier alpha value is -1.77. The molecule has 0 aromatic heterocycles. The van der Waals surface area contributed by atoms with Gasteiger partial charge in [-0.15, -0.1) is 0 Å². The van der Waals surface area contributed by atoms with Gasteiger partial charge >= 0.3 is 12.1 Å². The number of nitrogens with one attached hydrogen (secondary N) is 1. The van der Waals surface area contributed by atoms with E-state index in [-0.39, 0.29) is 18.1 Å². The molecule has 4 N–H and O–H groups in total. The van der Waals surface area contributed by atoms with Gasteiger partial charge in [0.15, 0.2) is 0 Å². The zero-order valence-electron chi connectivity index (χ0n) is 11.8. The van der Waals surface area contributed by atoms with E-state index in [0.29, 0.717) is 0 Å². The highest BCUT2D eigenvalue weighted by Gasteiger charge is 2.21. The number of rotatable bonds is 9. The van der Waals surface area contributed by atoms with Crippen LogP contribution in [0.2, 0.25) is 0 Å². The van der Waals surface area contributed by atoms with Gasteiger partial charge in [-0.05, 0) is 5.56 Å². The molecule has 0 aliphatic carbocycles. The number of aliphatic carboxylic acids is 1. The molecule has 0 aliphatic heterocycles. The standard InChI is InChI=1S/C14H19NO6S/c16-6-11(17)8-22-9-12(13(18)19)15-14(20)21-7-10-4-2-1-3-5-10/h1-5,11-12,16-17H,6-9H2,(H,15,20)(H,18,19). The van der Waals surface area contributed by atoms with Crippen LogP contribution in [0, 0.1) is 0 Å². The molecule has 1 amide bonds. The Morgan fingerprint density at radius 3 is 2.50 bits per heavy atom. The van der Waals surface area contributed by atoms with Crippen molar-refractivity contribution in [2.75, 3.05) is 18.1 Å². The molecular formula is C14H19NO6S.